The van der Waals surface area contributed by atoms with Crippen molar-refractivity contribution in [2.75, 3.05) is 5.32 Å². The lowest BCUT2D eigenvalue weighted by molar-refractivity contribution is 0.0943. The second kappa shape index (κ2) is 9.45. The molecular formula is C25H23N3O2S. The number of nitrogens with zero attached hydrogens (tertiary/aromatic N) is 1. The number of hydrogen-bond acceptors (Lipinski definition) is 3. The van der Waals surface area contributed by atoms with Crippen LogP contribution in [0, 0.1) is 6.92 Å². The molecule has 2 amide bonds. The number of carbonyl (C=O) groups is 2. The summed E-state index contributed by atoms with van der Waals surface area (Å²) in [5.74, 6) is -0.455. The molecule has 0 atom stereocenters. The molecule has 6 heteroatoms. The monoisotopic (exact) mass is 429 g/mol. The number of carbonyl (C=O) groups excluding carboxylic acids is 2. The van der Waals surface area contributed by atoms with E-state index in [1.54, 1.807) is 12.1 Å². The lowest BCUT2D eigenvalue weighted by Gasteiger charge is -2.13. The topological polar surface area (TPSA) is 63.1 Å². The van der Waals surface area contributed by atoms with E-state index >= 15 is 0 Å². The second-order valence-corrected chi connectivity index (χ2v) is 8.24. The minimum Gasteiger partial charge on any atom is -0.347 e. The molecule has 31 heavy (non-hydrogen) atoms. The van der Waals surface area contributed by atoms with Gasteiger partial charge in [0.1, 0.15) is 5.69 Å². The Labute approximate surface area is 185 Å². The van der Waals surface area contributed by atoms with Crippen molar-refractivity contribution in [3.05, 3.63) is 112 Å². The van der Waals surface area contributed by atoms with E-state index in [-0.39, 0.29) is 11.8 Å². The number of thiophene rings is 1. The highest BCUT2D eigenvalue weighted by Gasteiger charge is 2.20. The van der Waals surface area contributed by atoms with Crippen molar-refractivity contribution < 1.29 is 9.59 Å². The van der Waals surface area contributed by atoms with Crippen LogP contribution in [0.2, 0.25) is 0 Å². The Morgan fingerprint density at radius 1 is 0.903 bits per heavy atom. The first-order chi connectivity index (χ1) is 15.1. The van der Waals surface area contributed by atoms with Crippen LogP contribution in [-0.2, 0) is 13.1 Å². The van der Waals surface area contributed by atoms with E-state index in [4.69, 9.17) is 0 Å². The SMILES string of the molecule is Cc1cccc(Cn2ccc(NC(=O)c3cccs3)c2C(=O)NCc2ccccc2)c1. The summed E-state index contributed by atoms with van der Waals surface area (Å²) in [6.07, 6.45) is 1.84. The molecule has 5 nitrogen and oxygen atoms in total. The highest BCUT2D eigenvalue weighted by Crippen LogP contribution is 2.21. The van der Waals surface area contributed by atoms with Gasteiger partial charge in [-0.3, -0.25) is 9.59 Å². The van der Waals surface area contributed by atoms with E-state index < -0.39 is 0 Å². The fourth-order valence-corrected chi connectivity index (χ4v) is 4.04. The van der Waals surface area contributed by atoms with Gasteiger partial charge in [-0.1, -0.05) is 66.2 Å². The van der Waals surface area contributed by atoms with Gasteiger partial charge in [0.15, 0.2) is 0 Å². The van der Waals surface area contributed by atoms with Gasteiger partial charge in [0.2, 0.25) is 0 Å². The molecule has 0 bridgehead atoms. The standard InChI is InChI=1S/C25H23N3O2S/c1-18-7-5-10-20(15-18)17-28-13-12-21(27-24(29)22-11-6-14-31-22)23(28)25(30)26-16-19-8-3-2-4-9-19/h2-15H,16-17H2,1H3,(H,26,30)(H,27,29). The molecule has 0 saturated carbocycles. The van der Waals surface area contributed by atoms with Crippen LogP contribution in [0.25, 0.3) is 0 Å². The van der Waals surface area contributed by atoms with Gasteiger partial charge in [0.25, 0.3) is 11.8 Å². The number of nitrogens with one attached hydrogen (secondary N) is 2. The number of hydrogen-bond donors (Lipinski definition) is 2. The Bertz CT molecular complexity index is 1180. The quantitative estimate of drug-likeness (QED) is 0.430. The summed E-state index contributed by atoms with van der Waals surface area (Å²) in [5, 5.41) is 7.73. The summed E-state index contributed by atoms with van der Waals surface area (Å²) >= 11 is 1.36. The number of benzene rings is 2. The maximum Gasteiger partial charge on any atom is 0.270 e. The predicted molar refractivity (Wildman–Crippen MR) is 125 cm³/mol. The van der Waals surface area contributed by atoms with Crippen LogP contribution in [0.1, 0.15) is 36.9 Å². The molecule has 0 radical (unpaired) electrons. The Morgan fingerprint density at radius 2 is 1.71 bits per heavy atom. The smallest absolute Gasteiger partial charge is 0.270 e. The zero-order valence-electron chi connectivity index (χ0n) is 17.2. The number of amides is 2. The van der Waals surface area contributed by atoms with Gasteiger partial charge in [-0.2, -0.15) is 0 Å². The number of anilines is 1. The van der Waals surface area contributed by atoms with Crippen LogP contribution >= 0.6 is 11.3 Å². The number of aryl methyl sites for hydroxylation is 1. The first-order valence-corrected chi connectivity index (χ1v) is 10.9. The third kappa shape index (κ3) is 5.10. The van der Waals surface area contributed by atoms with Gasteiger partial charge in [-0.25, -0.2) is 0 Å². The summed E-state index contributed by atoms with van der Waals surface area (Å²) in [5.41, 5.74) is 4.19. The third-order valence-corrected chi connectivity index (χ3v) is 5.77. The second-order valence-electron chi connectivity index (χ2n) is 7.29. The predicted octanol–water partition coefficient (Wildman–Crippen LogP) is 5.09. The Morgan fingerprint density at radius 3 is 2.45 bits per heavy atom. The van der Waals surface area contributed by atoms with E-state index in [0.717, 1.165) is 16.7 Å². The Hall–Kier alpha value is -3.64. The largest absolute Gasteiger partial charge is 0.347 e. The van der Waals surface area contributed by atoms with E-state index in [2.05, 4.69) is 16.7 Å². The molecule has 156 valence electrons. The maximum atomic E-state index is 13.2. The van der Waals surface area contributed by atoms with Crippen molar-refractivity contribution in [1.82, 2.24) is 9.88 Å². The van der Waals surface area contributed by atoms with Gasteiger partial charge in [-0.15, -0.1) is 11.3 Å². The highest BCUT2D eigenvalue weighted by atomic mass is 32.1. The number of rotatable bonds is 7. The minimum absolute atomic E-state index is 0.222. The van der Waals surface area contributed by atoms with Crippen molar-refractivity contribution in [2.24, 2.45) is 0 Å². The third-order valence-electron chi connectivity index (χ3n) is 4.90. The Kier molecular flexibility index (Phi) is 6.29. The molecule has 0 aliphatic heterocycles. The van der Waals surface area contributed by atoms with Crippen molar-refractivity contribution >= 4 is 28.8 Å². The fourth-order valence-electron chi connectivity index (χ4n) is 3.42. The highest BCUT2D eigenvalue weighted by molar-refractivity contribution is 7.12. The summed E-state index contributed by atoms with van der Waals surface area (Å²) in [7, 11) is 0. The molecule has 2 heterocycles. The molecule has 4 aromatic rings. The molecule has 4 rings (SSSR count). The summed E-state index contributed by atoms with van der Waals surface area (Å²) in [6, 6.07) is 23.3. The summed E-state index contributed by atoms with van der Waals surface area (Å²) < 4.78 is 1.87. The Balaban J connectivity index is 1.60. The molecule has 2 aromatic carbocycles. The lowest BCUT2D eigenvalue weighted by atomic mass is 10.1. The van der Waals surface area contributed by atoms with Gasteiger partial charge in [0, 0.05) is 19.3 Å². The molecule has 0 aliphatic rings. The summed E-state index contributed by atoms with van der Waals surface area (Å²) in [6.45, 7) is 2.98. The zero-order valence-corrected chi connectivity index (χ0v) is 18.0. The molecule has 0 saturated heterocycles. The zero-order chi connectivity index (χ0) is 21.6. The number of aromatic nitrogens is 1. The normalized spacial score (nSPS) is 10.6. The fraction of sp³-hybridized carbons (Fsp3) is 0.120. The van der Waals surface area contributed by atoms with Crippen LogP contribution in [0.4, 0.5) is 5.69 Å². The van der Waals surface area contributed by atoms with Crippen LogP contribution in [0.3, 0.4) is 0 Å². The van der Waals surface area contributed by atoms with Gasteiger partial charge < -0.3 is 15.2 Å². The van der Waals surface area contributed by atoms with Crippen molar-refractivity contribution in [3.8, 4) is 0 Å². The van der Waals surface area contributed by atoms with Gasteiger partial charge in [-0.05, 0) is 35.6 Å². The lowest BCUT2D eigenvalue weighted by Crippen LogP contribution is -2.27. The molecule has 0 aliphatic carbocycles. The minimum atomic E-state index is -0.233. The summed E-state index contributed by atoms with van der Waals surface area (Å²) in [4.78, 5) is 26.4. The maximum absolute atomic E-state index is 13.2. The van der Waals surface area contributed by atoms with Crippen LogP contribution in [0.5, 0.6) is 0 Å². The van der Waals surface area contributed by atoms with Crippen LogP contribution in [-0.4, -0.2) is 16.4 Å². The molecule has 0 unspecified atom stereocenters. The van der Waals surface area contributed by atoms with E-state index in [1.807, 2.05) is 77.7 Å². The van der Waals surface area contributed by atoms with Gasteiger partial charge in [0.05, 0.1) is 10.6 Å². The van der Waals surface area contributed by atoms with E-state index in [0.29, 0.717) is 29.3 Å². The van der Waals surface area contributed by atoms with Crippen LogP contribution < -0.4 is 10.6 Å². The molecular weight excluding hydrogens is 406 g/mol. The first-order valence-electron chi connectivity index (χ1n) is 10.0. The van der Waals surface area contributed by atoms with E-state index in [9.17, 15) is 9.59 Å². The van der Waals surface area contributed by atoms with Crippen LogP contribution in [0.15, 0.2) is 84.4 Å². The molecule has 0 fully saturated rings. The van der Waals surface area contributed by atoms with Crippen molar-refractivity contribution in [1.29, 1.82) is 0 Å². The molecule has 2 N–H and O–H groups in total. The average molecular weight is 430 g/mol. The average Bonchev–Trinajstić information content (AvgIpc) is 3.44. The first kappa shape index (κ1) is 20.6. The molecule has 0 spiro atoms. The van der Waals surface area contributed by atoms with E-state index in [1.165, 1.54) is 11.3 Å². The van der Waals surface area contributed by atoms with Crippen molar-refractivity contribution in [3.63, 3.8) is 0 Å². The van der Waals surface area contributed by atoms with Gasteiger partial charge >= 0.3 is 0 Å². The molecule has 2 aromatic heterocycles. The van der Waals surface area contributed by atoms with Crippen molar-refractivity contribution in [2.45, 2.75) is 20.0 Å².